The molecule has 0 unspecified atom stereocenters. The molecule has 3 heterocycles. The van der Waals surface area contributed by atoms with Gasteiger partial charge in [0.15, 0.2) is 5.82 Å². The standard InChI is InChI=1S/C15H15N7/c1-3-15(2,8-16)22-11-5-7-18-14(21-11)12-10-4-6-17-13(10)20-9-19-12/h4-7,9H,3H2,1-2H3,(H,17,19,20)(H,18,21,22)/t15-/m1/s1. The summed E-state index contributed by atoms with van der Waals surface area (Å²) in [5, 5.41) is 13.3. The van der Waals surface area contributed by atoms with Crippen LogP contribution in [0.3, 0.4) is 0 Å². The molecule has 22 heavy (non-hydrogen) atoms. The van der Waals surface area contributed by atoms with Gasteiger partial charge in [-0.15, -0.1) is 0 Å². The van der Waals surface area contributed by atoms with Crippen molar-refractivity contribution >= 4 is 16.9 Å². The second-order valence-corrected chi connectivity index (χ2v) is 5.15. The van der Waals surface area contributed by atoms with Gasteiger partial charge in [-0.05, 0) is 25.5 Å². The fraction of sp³-hybridized carbons (Fsp3) is 0.267. The first-order valence-corrected chi connectivity index (χ1v) is 6.96. The Balaban J connectivity index is 2.02. The van der Waals surface area contributed by atoms with E-state index >= 15 is 0 Å². The van der Waals surface area contributed by atoms with Crippen molar-refractivity contribution in [3.63, 3.8) is 0 Å². The topological polar surface area (TPSA) is 103 Å². The summed E-state index contributed by atoms with van der Waals surface area (Å²) in [7, 11) is 0. The van der Waals surface area contributed by atoms with Crippen molar-refractivity contribution in [2.75, 3.05) is 5.32 Å². The molecule has 0 aliphatic carbocycles. The third-order valence-electron chi connectivity index (χ3n) is 3.58. The third-order valence-corrected chi connectivity index (χ3v) is 3.58. The molecule has 0 aromatic carbocycles. The summed E-state index contributed by atoms with van der Waals surface area (Å²) < 4.78 is 0. The van der Waals surface area contributed by atoms with E-state index in [4.69, 9.17) is 0 Å². The predicted molar refractivity (Wildman–Crippen MR) is 82.8 cm³/mol. The lowest BCUT2D eigenvalue weighted by Crippen LogP contribution is -2.32. The number of nitriles is 1. The maximum absolute atomic E-state index is 9.27. The molecule has 1 atom stereocenters. The van der Waals surface area contributed by atoms with Crippen LogP contribution in [-0.2, 0) is 0 Å². The van der Waals surface area contributed by atoms with Crippen LogP contribution < -0.4 is 5.32 Å². The molecule has 110 valence electrons. The van der Waals surface area contributed by atoms with Crippen LogP contribution in [0, 0.1) is 11.3 Å². The molecular weight excluding hydrogens is 278 g/mol. The number of nitrogens with one attached hydrogen (secondary N) is 2. The monoisotopic (exact) mass is 293 g/mol. The van der Waals surface area contributed by atoms with Crippen LogP contribution in [0.1, 0.15) is 20.3 Å². The van der Waals surface area contributed by atoms with E-state index in [1.54, 1.807) is 18.5 Å². The molecule has 2 N–H and O–H groups in total. The summed E-state index contributed by atoms with van der Waals surface area (Å²) >= 11 is 0. The van der Waals surface area contributed by atoms with Gasteiger partial charge in [0.2, 0.25) is 0 Å². The normalized spacial score (nSPS) is 13.5. The van der Waals surface area contributed by atoms with Crippen molar-refractivity contribution in [1.82, 2.24) is 24.9 Å². The lowest BCUT2D eigenvalue weighted by Gasteiger charge is -2.21. The molecule has 0 radical (unpaired) electrons. The molecule has 0 saturated heterocycles. The molecule has 0 amide bonds. The molecule has 3 rings (SSSR count). The predicted octanol–water partition coefficient (Wildman–Crippen LogP) is 2.52. The van der Waals surface area contributed by atoms with Crippen molar-refractivity contribution in [2.24, 2.45) is 0 Å². The van der Waals surface area contributed by atoms with Crippen molar-refractivity contribution in [3.8, 4) is 17.6 Å². The first kappa shape index (κ1) is 13.9. The highest BCUT2D eigenvalue weighted by Gasteiger charge is 2.21. The zero-order valence-electron chi connectivity index (χ0n) is 12.3. The zero-order chi connectivity index (χ0) is 15.6. The number of fused-ring (bicyclic) bond motifs is 1. The van der Waals surface area contributed by atoms with E-state index in [1.807, 2.05) is 19.9 Å². The van der Waals surface area contributed by atoms with Gasteiger partial charge in [0.25, 0.3) is 0 Å². The van der Waals surface area contributed by atoms with Gasteiger partial charge < -0.3 is 10.3 Å². The number of hydrogen-bond acceptors (Lipinski definition) is 6. The summed E-state index contributed by atoms with van der Waals surface area (Å²) in [6.07, 6.45) is 5.59. The summed E-state index contributed by atoms with van der Waals surface area (Å²) in [5.41, 5.74) is 0.730. The SMILES string of the molecule is CC[C@](C)(C#N)Nc1ccnc(-c2ncnc3[nH]ccc23)n1. The molecule has 0 aliphatic heterocycles. The molecule has 0 saturated carbocycles. The van der Waals surface area contributed by atoms with Crippen molar-refractivity contribution < 1.29 is 0 Å². The summed E-state index contributed by atoms with van der Waals surface area (Å²) in [6, 6.07) is 5.89. The van der Waals surface area contributed by atoms with Gasteiger partial charge in [-0.2, -0.15) is 5.26 Å². The van der Waals surface area contributed by atoms with Crippen LogP contribution in [0.5, 0.6) is 0 Å². The Bertz CT molecular complexity index is 848. The van der Waals surface area contributed by atoms with E-state index < -0.39 is 5.54 Å². The Morgan fingerprint density at radius 2 is 2.18 bits per heavy atom. The average Bonchev–Trinajstić information content (AvgIpc) is 3.03. The van der Waals surface area contributed by atoms with Gasteiger partial charge in [-0.3, -0.25) is 0 Å². The Kier molecular flexibility index (Phi) is 3.43. The summed E-state index contributed by atoms with van der Waals surface area (Å²) in [6.45, 7) is 3.79. The van der Waals surface area contributed by atoms with Crippen LogP contribution in [0.2, 0.25) is 0 Å². The van der Waals surface area contributed by atoms with Gasteiger partial charge in [-0.25, -0.2) is 19.9 Å². The number of nitrogens with zero attached hydrogens (tertiary/aromatic N) is 5. The molecule has 0 bridgehead atoms. The second-order valence-electron chi connectivity index (χ2n) is 5.15. The van der Waals surface area contributed by atoms with Crippen LogP contribution >= 0.6 is 0 Å². The smallest absolute Gasteiger partial charge is 0.180 e. The molecule has 0 spiro atoms. The van der Waals surface area contributed by atoms with Gasteiger partial charge in [0, 0.05) is 17.8 Å². The van der Waals surface area contributed by atoms with Crippen molar-refractivity contribution in [1.29, 1.82) is 5.26 Å². The average molecular weight is 293 g/mol. The molecule has 3 aromatic heterocycles. The molecule has 7 heteroatoms. The maximum atomic E-state index is 9.27. The van der Waals surface area contributed by atoms with E-state index in [9.17, 15) is 5.26 Å². The first-order valence-electron chi connectivity index (χ1n) is 6.96. The highest BCUT2D eigenvalue weighted by molar-refractivity contribution is 5.88. The second kappa shape index (κ2) is 5.41. The molecule has 7 nitrogen and oxygen atoms in total. The minimum atomic E-state index is -0.666. The van der Waals surface area contributed by atoms with E-state index in [-0.39, 0.29) is 0 Å². The minimum absolute atomic E-state index is 0.494. The van der Waals surface area contributed by atoms with E-state index in [2.05, 4.69) is 36.3 Å². The van der Waals surface area contributed by atoms with Crippen LogP contribution in [-0.4, -0.2) is 30.5 Å². The summed E-state index contributed by atoms with van der Waals surface area (Å²) in [4.78, 5) is 20.2. The highest BCUT2D eigenvalue weighted by Crippen LogP contribution is 2.23. The Hall–Kier alpha value is -3.01. The number of aromatic amines is 1. The van der Waals surface area contributed by atoms with Crippen molar-refractivity contribution in [2.45, 2.75) is 25.8 Å². The Morgan fingerprint density at radius 1 is 1.32 bits per heavy atom. The van der Waals surface area contributed by atoms with E-state index in [0.717, 1.165) is 11.0 Å². The lowest BCUT2D eigenvalue weighted by molar-refractivity contribution is 0.623. The van der Waals surface area contributed by atoms with Crippen molar-refractivity contribution in [3.05, 3.63) is 30.9 Å². The van der Waals surface area contributed by atoms with Crippen LogP contribution in [0.15, 0.2) is 30.9 Å². The zero-order valence-corrected chi connectivity index (χ0v) is 12.3. The number of H-pyrrole nitrogens is 1. The molecule has 0 fully saturated rings. The number of rotatable bonds is 4. The number of anilines is 1. The van der Waals surface area contributed by atoms with E-state index in [1.165, 1.54) is 6.33 Å². The van der Waals surface area contributed by atoms with Gasteiger partial charge in [0.05, 0.1) is 6.07 Å². The quantitative estimate of drug-likeness (QED) is 0.766. The van der Waals surface area contributed by atoms with Gasteiger partial charge in [0.1, 0.15) is 29.0 Å². The first-order chi connectivity index (χ1) is 10.6. The fourth-order valence-electron chi connectivity index (χ4n) is 2.07. The Labute approximate surface area is 127 Å². The molecule has 3 aromatic rings. The highest BCUT2D eigenvalue weighted by atomic mass is 15.1. The lowest BCUT2D eigenvalue weighted by atomic mass is 10.0. The number of hydrogen-bond donors (Lipinski definition) is 2. The van der Waals surface area contributed by atoms with Gasteiger partial charge >= 0.3 is 0 Å². The largest absolute Gasteiger partial charge is 0.352 e. The minimum Gasteiger partial charge on any atom is -0.352 e. The van der Waals surface area contributed by atoms with Crippen LogP contribution in [0.25, 0.3) is 22.6 Å². The maximum Gasteiger partial charge on any atom is 0.180 e. The Morgan fingerprint density at radius 3 is 2.95 bits per heavy atom. The van der Waals surface area contributed by atoms with E-state index in [0.29, 0.717) is 23.8 Å². The third kappa shape index (κ3) is 2.46. The van der Waals surface area contributed by atoms with Crippen LogP contribution in [0.4, 0.5) is 5.82 Å². The molecule has 0 aliphatic rings. The summed E-state index contributed by atoms with van der Waals surface area (Å²) in [5.74, 6) is 1.09. The van der Waals surface area contributed by atoms with Gasteiger partial charge in [-0.1, -0.05) is 6.92 Å². The molecular formula is C15H15N7. The fourth-order valence-corrected chi connectivity index (χ4v) is 2.07. The number of aromatic nitrogens is 5.